The Morgan fingerprint density at radius 2 is 1.50 bits per heavy atom. The highest BCUT2D eigenvalue weighted by Gasteiger charge is 2.06. The summed E-state index contributed by atoms with van der Waals surface area (Å²) in [5.74, 6) is 0.967. The predicted octanol–water partition coefficient (Wildman–Crippen LogP) is 6.12. The van der Waals surface area contributed by atoms with Crippen LogP contribution in [-0.4, -0.2) is 0 Å². The summed E-state index contributed by atoms with van der Waals surface area (Å²) in [6.07, 6.45) is 17.5. The molecule has 0 aromatic carbocycles. The maximum absolute atomic E-state index is 3.82. The van der Waals surface area contributed by atoms with Crippen molar-refractivity contribution in [2.45, 2.75) is 84.5 Å². The van der Waals surface area contributed by atoms with E-state index < -0.39 is 0 Å². The van der Waals surface area contributed by atoms with Crippen LogP contribution in [-0.2, 0) is 0 Å². The molecule has 0 saturated carbocycles. The van der Waals surface area contributed by atoms with Crippen LogP contribution in [0, 0.1) is 5.92 Å². The highest BCUT2D eigenvalue weighted by Crippen LogP contribution is 2.21. The van der Waals surface area contributed by atoms with E-state index >= 15 is 0 Å². The first kappa shape index (κ1) is 15.7. The molecule has 0 aliphatic heterocycles. The zero-order valence-corrected chi connectivity index (χ0v) is 11.6. The molecule has 0 heteroatoms. The van der Waals surface area contributed by atoms with Crippen molar-refractivity contribution in [3.05, 3.63) is 12.7 Å². The lowest BCUT2D eigenvalue weighted by Gasteiger charge is -2.14. The van der Waals surface area contributed by atoms with Crippen LogP contribution in [0.4, 0.5) is 0 Å². The molecule has 96 valence electrons. The lowest BCUT2D eigenvalue weighted by atomic mass is 9.92. The Bertz CT molecular complexity index is 137. The van der Waals surface area contributed by atoms with E-state index in [1.807, 2.05) is 0 Å². The topological polar surface area (TPSA) is 0 Å². The molecule has 0 N–H and O–H groups in total. The molecule has 16 heavy (non-hydrogen) atoms. The molecule has 0 aromatic heterocycles. The minimum atomic E-state index is 0.967. The van der Waals surface area contributed by atoms with Gasteiger partial charge in [-0.15, -0.1) is 6.58 Å². The van der Waals surface area contributed by atoms with Gasteiger partial charge >= 0.3 is 0 Å². The molecule has 0 saturated heterocycles. The average Bonchev–Trinajstić information content (AvgIpc) is 2.30. The number of unbranched alkanes of at least 4 members (excludes halogenated alkanes) is 5. The van der Waals surface area contributed by atoms with E-state index in [1.54, 1.807) is 0 Å². The summed E-state index contributed by atoms with van der Waals surface area (Å²) in [6.45, 7) is 8.41. The van der Waals surface area contributed by atoms with Gasteiger partial charge in [-0.05, 0) is 18.8 Å². The molecule has 0 amide bonds. The van der Waals surface area contributed by atoms with Crippen molar-refractivity contribution in [3.8, 4) is 0 Å². The van der Waals surface area contributed by atoms with Gasteiger partial charge in [0, 0.05) is 0 Å². The zero-order valence-electron chi connectivity index (χ0n) is 11.6. The summed E-state index contributed by atoms with van der Waals surface area (Å²) < 4.78 is 0. The first-order chi connectivity index (χ1) is 7.85. The largest absolute Gasteiger partial charge is 0.103 e. The number of rotatable bonds is 12. The van der Waals surface area contributed by atoms with E-state index in [0.717, 1.165) is 5.92 Å². The minimum Gasteiger partial charge on any atom is -0.103 e. The monoisotopic (exact) mass is 224 g/mol. The van der Waals surface area contributed by atoms with Gasteiger partial charge in [-0.25, -0.2) is 0 Å². The van der Waals surface area contributed by atoms with Gasteiger partial charge in [0.15, 0.2) is 0 Å². The third kappa shape index (κ3) is 10.3. The third-order valence-electron chi connectivity index (χ3n) is 3.44. The molecule has 0 heterocycles. The van der Waals surface area contributed by atoms with Crippen molar-refractivity contribution < 1.29 is 0 Å². The fourth-order valence-corrected chi connectivity index (χ4v) is 2.41. The molecule has 0 rings (SSSR count). The van der Waals surface area contributed by atoms with Crippen molar-refractivity contribution in [2.24, 2.45) is 5.92 Å². The highest BCUT2D eigenvalue weighted by atomic mass is 14.1. The quantitative estimate of drug-likeness (QED) is 0.277. The smallest absolute Gasteiger partial charge is 0.0351 e. The number of hydrogen-bond donors (Lipinski definition) is 0. The van der Waals surface area contributed by atoms with Crippen LogP contribution in [0.15, 0.2) is 12.7 Å². The van der Waals surface area contributed by atoms with E-state index in [2.05, 4.69) is 26.5 Å². The lowest BCUT2D eigenvalue weighted by molar-refractivity contribution is 0.397. The zero-order chi connectivity index (χ0) is 12.1. The van der Waals surface area contributed by atoms with Gasteiger partial charge < -0.3 is 0 Å². The van der Waals surface area contributed by atoms with Crippen molar-refractivity contribution in [1.82, 2.24) is 0 Å². The van der Waals surface area contributed by atoms with Crippen LogP contribution in [0.1, 0.15) is 84.5 Å². The summed E-state index contributed by atoms with van der Waals surface area (Å²) >= 11 is 0. The maximum atomic E-state index is 3.82. The van der Waals surface area contributed by atoms with Crippen LogP contribution < -0.4 is 0 Å². The fraction of sp³-hybridized carbons (Fsp3) is 0.875. The van der Waals surface area contributed by atoms with Gasteiger partial charge in [0.25, 0.3) is 0 Å². The summed E-state index contributed by atoms with van der Waals surface area (Å²) in [4.78, 5) is 0. The van der Waals surface area contributed by atoms with E-state index in [9.17, 15) is 0 Å². The lowest BCUT2D eigenvalue weighted by Crippen LogP contribution is -1.99. The number of hydrogen-bond acceptors (Lipinski definition) is 0. The van der Waals surface area contributed by atoms with Crippen LogP contribution >= 0.6 is 0 Å². The van der Waals surface area contributed by atoms with E-state index in [0.29, 0.717) is 0 Å². The highest BCUT2D eigenvalue weighted by molar-refractivity contribution is 4.70. The number of allylic oxidation sites excluding steroid dienone is 1. The van der Waals surface area contributed by atoms with E-state index in [-0.39, 0.29) is 0 Å². The molecule has 0 radical (unpaired) electrons. The Morgan fingerprint density at radius 3 is 2.12 bits per heavy atom. The van der Waals surface area contributed by atoms with E-state index in [1.165, 1.54) is 70.6 Å². The molecular weight excluding hydrogens is 192 g/mol. The Hall–Kier alpha value is -0.260. The summed E-state index contributed by atoms with van der Waals surface area (Å²) in [5, 5.41) is 0. The maximum Gasteiger partial charge on any atom is -0.0351 e. The first-order valence-corrected chi connectivity index (χ1v) is 7.46. The molecule has 0 fully saturated rings. The van der Waals surface area contributed by atoms with Crippen molar-refractivity contribution >= 4 is 0 Å². The summed E-state index contributed by atoms with van der Waals surface area (Å²) in [7, 11) is 0. The van der Waals surface area contributed by atoms with Crippen LogP contribution in [0.3, 0.4) is 0 Å². The normalized spacial score (nSPS) is 12.6. The molecular formula is C16H32. The van der Waals surface area contributed by atoms with Crippen molar-refractivity contribution in [1.29, 1.82) is 0 Å². The standard InChI is InChI=1S/C16H32/c1-4-7-9-10-11-12-15-16(13-6-3)14-8-5-2/h5,16H,2,4,6-15H2,1,3H3. The van der Waals surface area contributed by atoms with Gasteiger partial charge in [0.1, 0.15) is 0 Å². The van der Waals surface area contributed by atoms with Gasteiger partial charge in [0.05, 0.1) is 0 Å². The molecule has 1 unspecified atom stereocenters. The Labute approximate surface area is 104 Å². The van der Waals surface area contributed by atoms with Crippen molar-refractivity contribution in [2.75, 3.05) is 0 Å². The Kier molecular flexibility index (Phi) is 12.6. The second-order valence-electron chi connectivity index (χ2n) is 5.08. The van der Waals surface area contributed by atoms with Gasteiger partial charge in [0.2, 0.25) is 0 Å². The van der Waals surface area contributed by atoms with Gasteiger partial charge in [-0.1, -0.05) is 77.7 Å². The molecule has 0 aliphatic rings. The predicted molar refractivity (Wildman–Crippen MR) is 75.8 cm³/mol. The molecule has 0 spiro atoms. The minimum absolute atomic E-state index is 0.967. The molecule has 0 nitrogen and oxygen atoms in total. The molecule has 0 bridgehead atoms. The third-order valence-corrected chi connectivity index (χ3v) is 3.44. The average molecular weight is 224 g/mol. The van der Waals surface area contributed by atoms with Gasteiger partial charge in [-0.2, -0.15) is 0 Å². The molecule has 0 aliphatic carbocycles. The van der Waals surface area contributed by atoms with Crippen molar-refractivity contribution in [3.63, 3.8) is 0 Å². The SMILES string of the molecule is C=CCCC(CCC)CCCCCCCC. The second kappa shape index (κ2) is 12.8. The van der Waals surface area contributed by atoms with Gasteiger partial charge in [-0.3, -0.25) is 0 Å². The van der Waals surface area contributed by atoms with E-state index in [4.69, 9.17) is 0 Å². The molecule has 1 atom stereocenters. The fourth-order valence-electron chi connectivity index (χ4n) is 2.41. The summed E-state index contributed by atoms with van der Waals surface area (Å²) in [6, 6.07) is 0. The Balaban J connectivity index is 3.39. The first-order valence-electron chi connectivity index (χ1n) is 7.46. The van der Waals surface area contributed by atoms with Crippen LogP contribution in [0.25, 0.3) is 0 Å². The van der Waals surface area contributed by atoms with Crippen LogP contribution in [0.5, 0.6) is 0 Å². The van der Waals surface area contributed by atoms with Crippen LogP contribution in [0.2, 0.25) is 0 Å². The summed E-state index contributed by atoms with van der Waals surface area (Å²) in [5.41, 5.74) is 0. The Morgan fingerprint density at radius 1 is 0.812 bits per heavy atom. The second-order valence-corrected chi connectivity index (χ2v) is 5.08. The molecule has 0 aromatic rings.